The minimum absolute atomic E-state index is 1.00. The zero-order chi connectivity index (χ0) is 16.6. The molecule has 5 rings (SSSR count). The molecular formula is C23H16N2. The van der Waals surface area contributed by atoms with Crippen LogP contribution in [0.25, 0.3) is 38.9 Å². The third kappa shape index (κ3) is 2.31. The molecule has 2 heteroatoms. The number of rotatable bonds is 2. The van der Waals surface area contributed by atoms with Gasteiger partial charge in [0.25, 0.3) is 0 Å². The molecule has 0 fully saturated rings. The number of fused-ring (bicyclic) bond motifs is 3. The van der Waals surface area contributed by atoms with Gasteiger partial charge in [0.05, 0.1) is 22.2 Å². The molecule has 0 aliphatic rings. The van der Waals surface area contributed by atoms with Crippen molar-refractivity contribution in [2.75, 3.05) is 0 Å². The molecule has 0 saturated heterocycles. The van der Waals surface area contributed by atoms with Gasteiger partial charge < -0.3 is 4.40 Å². The molecule has 25 heavy (non-hydrogen) atoms. The Morgan fingerprint density at radius 3 is 2.04 bits per heavy atom. The Balaban J connectivity index is 1.81. The summed E-state index contributed by atoms with van der Waals surface area (Å²) in [6.07, 6.45) is 2.11. The maximum Gasteiger partial charge on any atom is 0.0950 e. The van der Waals surface area contributed by atoms with E-state index in [0.717, 1.165) is 27.8 Å². The van der Waals surface area contributed by atoms with Gasteiger partial charge in [-0.1, -0.05) is 66.7 Å². The number of aromatic nitrogens is 2. The highest BCUT2D eigenvalue weighted by molar-refractivity contribution is 5.90. The fraction of sp³-hybridized carbons (Fsp3) is 0. The van der Waals surface area contributed by atoms with Gasteiger partial charge in [0.2, 0.25) is 0 Å². The van der Waals surface area contributed by atoms with Crippen LogP contribution in [-0.2, 0) is 0 Å². The summed E-state index contributed by atoms with van der Waals surface area (Å²) in [5.41, 5.74) is 7.81. The predicted molar refractivity (Wildman–Crippen MR) is 104 cm³/mol. The van der Waals surface area contributed by atoms with Crippen molar-refractivity contribution >= 4 is 16.6 Å². The SMILES string of the molecule is c1ccc(-c2ccc3c(c2)nc(-c2ccccc2)c2cccn23)cc1. The second-order valence-corrected chi connectivity index (χ2v) is 6.16. The summed E-state index contributed by atoms with van der Waals surface area (Å²) in [7, 11) is 0. The van der Waals surface area contributed by atoms with Crippen LogP contribution >= 0.6 is 0 Å². The summed E-state index contributed by atoms with van der Waals surface area (Å²) in [4.78, 5) is 5.01. The Morgan fingerprint density at radius 1 is 0.560 bits per heavy atom. The molecule has 2 heterocycles. The zero-order valence-electron chi connectivity index (χ0n) is 13.6. The molecule has 0 bridgehead atoms. The highest BCUT2D eigenvalue weighted by Gasteiger charge is 2.10. The van der Waals surface area contributed by atoms with E-state index in [1.807, 2.05) is 12.1 Å². The Kier molecular flexibility index (Phi) is 3.14. The Hall–Kier alpha value is -3.39. The topological polar surface area (TPSA) is 17.3 Å². The number of benzene rings is 3. The molecule has 0 amide bonds. The highest BCUT2D eigenvalue weighted by Crippen LogP contribution is 2.29. The van der Waals surface area contributed by atoms with Crippen molar-refractivity contribution in [2.45, 2.75) is 0 Å². The maximum absolute atomic E-state index is 5.01. The molecule has 2 nitrogen and oxygen atoms in total. The second kappa shape index (κ2) is 5.60. The average molecular weight is 320 g/mol. The molecule has 118 valence electrons. The van der Waals surface area contributed by atoms with E-state index in [-0.39, 0.29) is 0 Å². The first-order valence-electron chi connectivity index (χ1n) is 8.42. The summed E-state index contributed by atoms with van der Waals surface area (Å²) in [6.45, 7) is 0. The van der Waals surface area contributed by atoms with E-state index in [9.17, 15) is 0 Å². The van der Waals surface area contributed by atoms with Crippen molar-refractivity contribution in [3.8, 4) is 22.4 Å². The van der Waals surface area contributed by atoms with Crippen molar-refractivity contribution in [1.29, 1.82) is 0 Å². The fourth-order valence-corrected chi connectivity index (χ4v) is 3.40. The van der Waals surface area contributed by atoms with Crippen LogP contribution in [0.5, 0.6) is 0 Å². The van der Waals surface area contributed by atoms with Gasteiger partial charge in [0, 0.05) is 11.8 Å². The zero-order valence-corrected chi connectivity index (χ0v) is 13.6. The van der Waals surface area contributed by atoms with Gasteiger partial charge in [-0.2, -0.15) is 0 Å². The molecule has 5 aromatic rings. The van der Waals surface area contributed by atoms with Crippen molar-refractivity contribution in [3.63, 3.8) is 0 Å². The van der Waals surface area contributed by atoms with Gasteiger partial charge in [-0.05, 0) is 35.4 Å². The van der Waals surface area contributed by atoms with Crippen LogP contribution < -0.4 is 0 Å². The van der Waals surface area contributed by atoms with E-state index < -0.39 is 0 Å². The predicted octanol–water partition coefficient (Wildman–Crippen LogP) is 5.82. The minimum atomic E-state index is 1.00. The van der Waals surface area contributed by atoms with E-state index in [2.05, 4.69) is 89.5 Å². The van der Waals surface area contributed by atoms with E-state index in [1.54, 1.807) is 0 Å². The molecule has 0 saturated carbocycles. The smallest absolute Gasteiger partial charge is 0.0950 e. The van der Waals surface area contributed by atoms with Crippen LogP contribution in [0.15, 0.2) is 97.2 Å². The first-order chi connectivity index (χ1) is 12.4. The third-order valence-corrected chi connectivity index (χ3v) is 4.61. The number of hydrogen-bond acceptors (Lipinski definition) is 1. The van der Waals surface area contributed by atoms with Crippen molar-refractivity contribution in [2.24, 2.45) is 0 Å². The number of nitrogens with zero attached hydrogens (tertiary/aromatic N) is 2. The van der Waals surface area contributed by atoms with E-state index in [0.29, 0.717) is 0 Å². The molecule has 0 aliphatic carbocycles. The molecule has 0 N–H and O–H groups in total. The van der Waals surface area contributed by atoms with Gasteiger partial charge >= 0.3 is 0 Å². The summed E-state index contributed by atoms with van der Waals surface area (Å²) in [5.74, 6) is 0. The van der Waals surface area contributed by atoms with Crippen LogP contribution in [0.2, 0.25) is 0 Å². The van der Waals surface area contributed by atoms with Crippen LogP contribution in [0, 0.1) is 0 Å². The molecule has 2 aromatic heterocycles. The lowest BCUT2D eigenvalue weighted by Crippen LogP contribution is -1.95. The third-order valence-electron chi connectivity index (χ3n) is 4.61. The lowest BCUT2D eigenvalue weighted by Gasteiger charge is -2.10. The quantitative estimate of drug-likeness (QED) is 0.400. The maximum atomic E-state index is 5.01. The summed E-state index contributed by atoms with van der Waals surface area (Å²) in [6, 6.07) is 31.5. The Labute approximate surface area is 146 Å². The second-order valence-electron chi connectivity index (χ2n) is 6.16. The van der Waals surface area contributed by atoms with E-state index in [4.69, 9.17) is 4.98 Å². The Morgan fingerprint density at radius 2 is 1.28 bits per heavy atom. The fourth-order valence-electron chi connectivity index (χ4n) is 3.40. The minimum Gasteiger partial charge on any atom is -0.313 e. The first kappa shape index (κ1) is 14.0. The largest absolute Gasteiger partial charge is 0.313 e. The molecule has 3 aromatic carbocycles. The molecule has 0 spiro atoms. The summed E-state index contributed by atoms with van der Waals surface area (Å²) in [5, 5.41) is 0. The highest BCUT2D eigenvalue weighted by atomic mass is 14.9. The molecule has 0 aliphatic heterocycles. The lowest BCUT2D eigenvalue weighted by atomic mass is 10.0. The first-order valence-corrected chi connectivity index (χ1v) is 8.42. The van der Waals surface area contributed by atoms with E-state index in [1.165, 1.54) is 11.1 Å². The Bertz CT molecular complexity index is 1170. The van der Waals surface area contributed by atoms with Gasteiger partial charge in [-0.15, -0.1) is 0 Å². The summed E-state index contributed by atoms with van der Waals surface area (Å²) < 4.78 is 2.22. The van der Waals surface area contributed by atoms with Gasteiger partial charge in [0.1, 0.15) is 0 Å². The van der Waals surface area contributed by atoms with Crippen LogP contribution in [0.3, 0.4) is 0 Å². The normalized spacial score (nSPS) is 11.2. The van der Waals surface area contributed by atoms with Crippen LogP contribution in [0.4, 0.5) is 0 Å². The van der Waals surface area contributed by atoms with Crippen molar-refractivity contribution in [3.05, 3.63) is 97.2 Å². The summed E-state index contributed by atoms with van der Waals surface area (Å²) >= 11 is 0. The lowest BCUT2D eigenvalue weighted by molar-refractivity contribution is 1.23. The van der Waals surface area contributed by atoms with E-state index >= 15 is 0 Å². The van der Waals surface area contributed by atoms with Gasteiger partial charge in [-0.3, -0.25) is 0 Å². The molecule has 0 atom stereocenters. The number of hydrogen-bond donors (Lipinski definition) is 0. The molecule has 0 unspecified atom stereocenters. The molecular weight excluding hydrogens is 304 g/mol. The standard InChI is InChI=1S/C23H16N2/c1-3-8-17(9-4-1)19-13-14-21-20(16-19)24-23(18-10-5-2-6-11-18)22-12-7-15-25(21)22/h1-16H. The molecule has 0 radical (unpaired) electrons. The van der Waals surface area contributed by atoms with Gasteiger partial charge in [-0.25, -0.2) is 4.98 Å². The van der Waals surface area contributed by atoms with Crippen LogP contribution in [0.1, 0.15) is 0 Å². The van der Waals surface area contributed by atoms with Crippen molar-refractivity contribution in [1.82, 2.24) is 9.38 Å². The van der Waals surface area contributed by atoms with Gasteiger partial charge in [0.15, 0.2) is 0 Å². The van der Waals surface area contributed by atoms with Crippen LogP contribution in [-0.4, -0.2) is 9.38 Å². The average Bonchev–Trinajstić information content (AvgIpc) is 3.18. The van der Waals surface area contributed by atoms with Crippen molar-refractivity contribution < 1.29 is 0 Å². The monoisotopic (exact) mass is 320 g/mol.